The van der Waals surface area contributed by atoms with Crippen LogP contribution in [0.1, 0.15) is 42.6 Å². The summed E-state index contributed by atoms with van der Waals surface area (Å²) in [6.07, 6.45) is 5.61. The van der Waals surface area contributed by atoms with E-state index in [0.717, 1.165) is 16.8 Å². The number of hydrogen-bond donors (Lipinski definition) is 1. The van der Waals surface area contributed by atoms with E-state index >= 15 is 0 Å². The Morgan fingerprint density at radius 2 is 2.27 bits per heavy atom. The van der Waals surface area contributed by atoms with Gasteiger partial charge in [0, 0.05) is 18.0 Å². The Morgan fingerprint density at radius 3 is 2.87 bits per heavy atom. The van der Waals surface area contributed by atoms with E-state index < -0.39 is 0 Å². The summed E-state index contributed by atoms with van der Waals surface area (Å²) in [6, 6.07) is 0. The summed E-state index contributed by atoms with van der Waals surface area (Å²) in [5.41, 5.74) is 6.85. The first-order valence-electron chi connectivity index (χ1n) is 5.52. The van der Waals surface area contributed by atoms with Crippen molar-refractivity contribution in [3.63, 3.8) is 0 Å². The molecule has 0 saturated heterocycles. The van der Waals surface area contributed by atoms with Crippen LogP contribution >= 0.6 is 15.9 Å². The second-order valence-electron chi connectivity index (χ2n) is 4.57. The van der Waals surface area contributed by atoms with Gasteiger partial charge in [-0.15, -0.1) is 0 Å². The number of aromatic nitrogens is 2. The van der Waals surface area contributed by atoms with Gasteiger partial charge in [-0.05, 0) is 47.7 Å². The number of nitrogens with two attached hydrogens (primary N) is 1. The van der Waals surface area contributed by atoms with E-state index in [0.29, 0.717) is 17.8 Å². The molecule has 2 unspecified atom stereocenters. The van der Waals surface area contributed by atoms with Gasteiger partial charge in [0.15, 0.2) is 0 Å². The molecule has 3 nitrogen and oxygen atoms in total. The fourth-order valence-corrected chi connectivity index (χ4v) is 2.52. The molecule has 1 aromatic heterocycles. The van der Waals surface area contributed by atoms with Gasteiger partial charge in [-0.2, -0.15) is 0 Å². The van der Waals surface area contributed by atoms with Gasteiger partial charge in [-0.25, -0.2) is 9.97 Å². The van der Waals surface area contributed by atoms with Crippen LogP contribution in [0.3, 0.4) is 0 Å². The minimum Gasteiger partial charge on any atom is -0.330 e. The van der Waals surface area contributed by atoms with Gasteiger partial charge in [0.2, 0.25) is 0 Å². The molecule has 0 spiro atoms. The van der Waals surface area contributed by atoms with Gasteiger partial charge in [-0.3, -0.25) is 0 Å². The molecule has 80 valence electrons. The molecule has 0 amide bonds. The third-order valence-corrected chi connectivity index (χ3v) is 3.92. The second-order valence-corrected chi connectivity index (χ2v) is 5.43. The van der Waals surface area contributed by atoms with Crippen molar-refractivity contribution in [2.75, 3.05) is 6.54 Å². The van der Waals surface area contributed by atoms with Crippen molar-refractivity contribution in [1.29, 1.82) is 0 Å². The SMILES string of the molecule is NCC1CC1c1nc(C2CC2)ncc1Br. The maximum absolute atomic E-state index is 5.66. The van der Waals surface area contributed by atoms with Crippen LogP contribution in [0.5, 0.6) is 0 Å². The lowest BCUT2D eigenvalue weighted by atomic mass is 10.2. The summed E-state index contributed by atoms with van der Waals surface area (Å²) in [4.78, 5) is 9.05. The highest BCUT2D eigenvalue weighted by Gasteiger charge is 2.40. The zero-order valence-corrected chi connectivity index (χ0v) is 10.1. The van der Waals surface area contributed by atoms with Crippen LogP contribution in [0.15, 0.2) is 10.7 Å². The van der Waals surface area contributed by atoms with Gasteiger partial charge in [0.1, 0.15) is 5.82 Å². The van der Waals surface area contributed by atoms with Crippen molar-refractivity contribution in [3.8, 4) is 0 Å². The number of halogens is 1. The van der Waals surface area contributed by atoms with Crippen LogP contribution in [0.2, 0.25) is 0 Å². The van der Waals surface area contributed by atoms with E-state index in [4.69, 9.17) is 5.73 Å². The van der Waals surface area contributed by atoms with Crippen LogP contribution in [-0.2, 0) is 0 Å². The van der Waals surface area contributed by atoms with E-state index in [1.54, 1.807) is 0 Å². The van der Waals surface area contributed by atoms with Crippen LogP contribution in [0.25, 0.3) is 0 Å². The van der Waals surface area contributed by atoms with Crippen molar-refractivity contribution in [2.24, 2.45) is 11.7 Å². The molecule has 0 radical (unpaired) electrons. The van der Waals surface area contributed by atoms with Gasteiger partial charge in [0.05, 0.1) is 10.2 Å². The number of nitrogens with zero attached hydrogens (tertiary/aromatic N) is 2. The van der Waals surface area contributed by atoms with Crippen molar-refractivity contribution < 1.29 is 0 Å². The normalized spacial score (nSPS) is 29.2. The van der Waals surface area contributed by atoms with Crippen LogP contribution < -0.4 is 5.73 Å². The first-order chi connectivity index (χ1) is 7.29. The van der Waals surface area contributed by atoms with Gasteiger partial charge >= 0.3 is 0 Å². The highest BCUT2D eigenvalue weighted by molar-refractivity contribution is 9.10. The summed E-state index contributed by atoms with van der Waals surface area (Å²) >= 11 is 3.53. The van der Waals surface area contributed by atoms with Gasteiger partial charge in [0.25, 0.3) is 0 Å². The highest BCUT2D eigenvalue weighted by Crippen LogP contribution is 2.48. The average molecular weight is 268 g/mol. The van der Waals surface area contributed by atoms with Gasteiger partial charge < -0.3 is 5.73 Å². The van der Waals surface area contributed by atoms with E-state index in [1.807, 2.05) is 6.20 Å². The molecule has 2 aliphatic rings. The van der Waals surface area contributed by atoms with Crippen molar-refractivity contribution >= 4 is 15.9 Å². The molecule has 0 bridgehead atoms. The Morgan fingerprint density at radius 1 is 1.47 bits per heavy atom. The fourth-order valence-electron chi connectivity index (χ4n) is 2.04. The first-order valence-corrected chi connectivity index (χ1v) is 6.31. The predicted octanol–water partition coefficient (Wildman–Crippen LogP) is 2.18. The maximum Gasteiger partial charge on any atom is 0.131 e. The van der Waals surface area contributed by atoms with E-state index in [1.165, 1.54) is 25.0 Å². The third-order valence-electron chi connectivity index (χ3n) is 3.31. The Hall–Kier alpha value is -0.480. The Balaban J connectivity index is 1.88. The zero-order valence-electron chi connectivity index (χ0n) is 8.49. The molecule has 1 aromatic rings. The smallest absolute Gasteiger partial charge is 0.131 e. The molecule has 2 fully saturated rings. The van der Waals surface area contributed by atoms with E-state index in [2.05, 4.69) is 25.9 Å². The highest BCUT2D eigenvalue weighted by atomic mass is 79.9. The number of hydrogen-bond acceptors (Lipinski definition) is 3. The lowest BCUT2D eigenvalue weighted by Crippen LogP contribution is -2.04. The summed E-state index contributed by atoms with van der Waals surface area (Å²) < 4.78 is 1.05. The molecule has 3 rings (SSSR count). The third kappa shape index (κ3) is 1.81. The second kappa shape index (κ2) is 3.52. The zero-order chi connectivity index (χ0) is 10.4. The Kier molecular flexibility index (Phi) is 2.29. The quantitative estimate of drug-likeness (QED) is 0.914. The van der Waals surface area contributed by atoms with Crippen LogP contribution in [0.4, 0.5) is 0 Å². The summed E-state index contributed by atoms with van der Waals surface area (Å²) in [5, 5.41) is 0. The minimum absolute atomic E-state index is 0.574. The lowest BCUT2D eigenvalue weighted by Gasteiger charge is -2.04. The summed E-state index contributed by atoms with van der Waals surface area (Å²) in [7, 11) is 0. The summed E-state index contributed by atoms with van der Waals surface area (Å²) in [5.74, 6) is 2.89. The average Bonchev–Trinajstić information content (AvgIpc) is 3.13. The Labute approximate surface area is 97.6 Å². The predicted molar refractivity (Wildman–Crippen MR) is 61.6 cm³/mol. The molecular formula is C11H14BrN3. The van der Waals surface area contributed by atoms with Crippen LogP contribution in [0, 0.1) is 5.92 Å². The Bertz CT molecular complexity index is 389. The van der Waals surface area contributed by atoms with Crippen molar-refractivity contribution in [2.45, 2.75) is 31.1 Å². The molecule has 2 N–H and O–H groups in total. The van der Waals surface area contributed by atoms with Crippen LogP contribution in [-0.4, -0.2) is 16.5 Å². The molecule has 0 aromatic carbocycles. The maximum atomic E-state index is 5.66. The molecular weight excluding hydrogens is 254 g/mol. The molecule has 15 heavy (non-hydrogen) atoms. The standard InChI is InChI=1S/C11H14BrN3/c12-9-5-14-11(6-1-2-6)15-10(9)8-3-7(8)4-13/h5-8H,1-4,13H2. The molecule has 2 saturated carbocycles. The summed E-state index contributed by atoms with van der Waals surface area (Å²) in [6.45, 7) is 0.778. The molecule has 4 heteroatoms. The lowest BCUT2D eigenvalue weighted by molar-refractivity contribution is 0.778. The van der Waals surface area contributed by atoms with Crippen molar-refractivity contribution in [1.82, 2.24) is 9.97 Å². The first kappa shape index (κ1) is 9.73. The molecule has 2 atom stereocenters. The van der Waals surface area contributed by atoms with E-state index in [-0.39, 0.29) is 0 Å². The largest absolute Gasteiger partial charge is 0.330 e. The van der Waals surface area contributed by atoms with Gasteiger partial charge in [-0.1, -0.05) is 0 Å². The minimum atomic E-state index is 0.574. The molecule has 0 aliphatic heterocycles. The fraction of sp³-hybridized carbons (Fsp3) is 0.636. The number of rotatable bonds is 3. The topological polar surface area (TPSA) is 51.8 Å². The molecule has 1 heterocycles. The van der Waals surface area contributed by atoms with E-state index in [9.17, 15) is 0 Å². The van der Waals surface area contributed by atoms with Crippen molar-refractivity contribution in [3.05, 3.63) is 22.2 Å². The molecule has 2 aliphatic carbocycles. The monoisotopic (exact) mass is 267 g/mol.